The van der Waals surface area contributed by atoms with Gasteiger partial charge in [0.05, 0.1) is 17.0 Å². The summed E-state index contributed by atoms with van der Waals surface area (Å²) in [6, 6.07) is 1.67. The Bertz CT molecular complexity index is 466. The molecule has 2 N–H and O–H groups in total. The van der Waals surface area contributed by atoms with E-state index in [1.54, 1.807) is 11.4 Å². The number of carboxylic acids is 1. The lowest BCUT2D eigenvalue weighted by Gasteiger charge is -2.28. The molecule has 1 aromatic heterocycles. The molecule has 4 nitrogen and oxygen atoms in total. The number of carbonyl (C=O) groups is 2. The molecule has 2 rings (SSSR count). The second-order valence-electron chi connectivity index (χ2n) is 4.61. The topological polar surface area (TPSA) is 66.4 Å². The minimum Gasteiger partial charge on any atom is -0.481 e. The van der Waals surface area contributed by atoms with Crippen LogP contribution in [0.25, 0.3) is 0 Å². The molecular weight excluding hydrogens is 274 g/mol. The standard InChI is InChI=1S/C12H14ClNO3S/c13-8-3-6-18-10(8)11(17)14-12(7-9(15)16)4-1-2-5-12/h3,6H,1-2,4-5,7H2,(H,14,17)(H,15,16). The number of hydrogen-bond donors (Lipinski definition) is 2. The van der Waals surface area contributed by atoms with E-state index in [2.05, 4.69) is 5.32 Å². The van der Waals surface area contributed by atoms with E-state index in [-0.39, 0.29) is 12.3 Å². The highest BCUT2D eigenvalue weighted by molar-refractivity contribution is 7.12. The van der Waals surface area contributed by atoms with E-state index in [9.17, 15) is 9.59 Å². The lowest BCUT2D eigenvalue weighted by molar-refractivity contribution is -0.138. The monoisotopic (exact) mass is 287 g/mol. The van der Waals surface area contributed by atoms with Gasteiger partial charge in [-0.25, -0.2) is 0 Å². The van der Waals surface area contributed by atoms with E-state index in [1.165, 1.54) is 11.3 Å². The predicted octanol–water partition coefficient (Wildman–Crippen LogP) is 2.92. The molecule has 18 heavy (non-hydrogen) atoms. The van der Waals surface area contributed by atoms with Crippen LogP contribution in [0.15, 0.2) is 11.4 Å². The molecule has 0 radical (unpaired) electrons. The lowest BCUT2D eigenvalue weighted by Crippen LogP contribution is -2.47. The zero-order valence-corrected chi connectivity index (χ0v) is 11.3. The SMILES string of the molecule is O=C(O)CC1(NC(=O)c2sccc2Cl)CCCC1. The van der Waals surface area contributed by atoms with E-state index in [0.717, 1.165) is 12.8 Å². The van der Waals surface area contributed by atoms with Crippen LogP contribution in [0.3, 0.4) is 0 Å². The van der Waals surface area contributed by atoms with Crippen molar-refractivity contribution < 1.29 is 14.7 Å². The number of hydrogen-bond acceptors (Lipinski definition) is 3. The molecule has 1 saturated carbocycles. The molecule has 0 aliphatic heterocycles. The van der Waals surface area contributed by atoms with Crippen molar-refractivity contribution in [3.63, 3.8) is 0 Å². The normalized spacial score (nSPS) is 17.6. The Morgan fingerprint density at radius 3 is 2.61 bits per heavy atom. The number of nitrogens with one attached hydrogen (secondary N) is 1. The van der Waals surface area contributed by atoms with Gasteiger partial charge in [-0.1, -0.05) is 24.4 Å². The summed E-state index contributed by atoms with van der Waals surface area (Å²) in [7, 11) is 0. The Morgan fingerprint density at radius 2 is 2.11 bits per heavy atom. The van der Waals surface area contributed by atoms with Crippen LogP contribution >= 0.6 is 22.9 Å². The third kappa shape index (κ3) is 2.84. The van der Waals surface area contributed by atoms with Crippen LogP contribution in [0.4, 0.5) is 0 Å². The molecule has 0 aromatic carbocycles. The van der Waals surface area contributed by atoms with Crippen molar-refractivity contribution in [1.82, 2.24) is 5.32 Å². The number of carbonyl (C=O) groups excluding carboxylic acids is 1. The number of amides is 1. The van der Waals surface area contributed by atoms with Crippen LogP contribution in [-0.2, 0) is 4.79 Å². The first-order valence-corrected chi connectivity index (χ1v) is 7.05. The lowest BCUT2D eigenvalue weighted by atomic mass is 9.93. The predicted molar refractivity (Wildman–Crippen MR) is 70.2 cm³/mol. The summed E-state index contributed by atoms with van der Waals surface area (Å²) in [6.07, 6.45) is 3.31. The highest BCUT2D eigenvalue weighted by Gasteiger charge is 2.38. The Balaban J connectivity index is 2.12. The average Bonchev–Trinajstić information content (AvgIpc) is 2.86. The summed E-state index contributed by atoms with van der Waals surface area (Å²) in [5, 5.41) is 14.0. The second kappa shape index (κ2) is 5.28. The summed E-state index contributed by atoms with van der Waals surface area (Å²) in [4.78, 5) is 23.5. The van der Waals surface area contributed by atoms with E-state index in [4.69, 9.17) is 16.7 Å². The molecule has 1 aliphatic carbocycles. The Labute approximate surface area is 114 Å². The van der Waals surface area contributed by atoms with Crippen molar-refractivity contribution in [3.8, 4) is 0 Å². The van der Waals surface area contributed by atoms with E-state index in [1.807, 2.05) is 0 Å². The first-order valence-electron chi connectivity index (χ1n) is 5.80. The van der Waals surface area contributed by atoms with Gasteiger partial charge in [-0.2, -0.15) is 0 Å². The third-order valence-corrected chi connectivity index (χ3v) is 4.59. The van der Waals surface area contributed by atoms with Crippen molar-refractivity contribution in [3.05, 3.63) is 21.3 Å². The number of thiophene rings is 1. The summed E-state index contributed by atoms with van der Waals surface area (Å²) in [5.74, 6) is -1.15. The smallest absolute Gasteiger partial charge is 0.305 e. The van der Waals surface area contributed by atoms with Crippen LogP contribution in [0.1, 0.15) is 41.8 Å². The van der Waals surface area contributed by atoms with E-state index < -0.39 is 11.5 Å². The molecule has 6 heteroatoms. The zero-order chi connectivity index (χ0) is 13.2. The fraction of sp³-hybridized carbons (Fsp3) is 0.500. The van der Waals surface area contributed by atoms with Crippen molar-refractivity contribution in [2.45, 2.75) is 37.6 Å². The van der Waals surface area contributed by atoms with E-state index in [0.29, 0.717) is 22.7 Å². The van der Waals surface area contributed by atoms with Gasteiger partial charge in [0.2, 0.25) is 0 Å². The van der Waals surface area contributed by atoms with Crippen LogP contribution in [0.2, 0.25) is 5.02 Å². The van der Waals surface area contributed by atoms with Gasteiger partial charge >= 0.3 is 5.97 Å². The molecule has 0 unspecified atom stereocenters. The van der Waals surface area contributed by atoms with Crippen LogP contribution in [0.5, 0.6) is 0 Å². The number of rotatable bonds is 4. The minimum absolute atomic E-state index is 0.0261. The molecule has 1 heterocycles. The average molecular weight is 288 g/mol. The fourth-order valence-electron chi connectivity index (χ4n) is 2.44. The Kier molecular flexibility index (Phi) is 3.92. The van der Waals surface area contributed by atoms with Gasteiger partial charge in [0.15, 0.2) is 0 Å². The number of carboxylic acid groups (broad SMARTS) is 1. The van der Waals surface area contributed by atoms with Gasteiger partial charge in [0.25, 0.3) is 5.91 Å². The molecule has 1 amide bonds. The van der Waals surface area contributed by atoms with Gasteiger partial charge in [-0.05, 0) is 24.3 Å². The molecule has 0 bridgehead atoms. The maximum atomic E-state index is 12.1. The maximum absolute atomic E-state index is 12.1. The molecule has 0 atom stereocenters. The highest BCUT2D eigenvalue weighted by Crippen LogP contribution is 2.33. The minimum atomic E-state index is -0.880. The van der Waals surface area contributed by atoms with Gasteiger partial charge in [0, 0.05) is 0 Å². The first-order chi connectivity index (χ1) is 8.52. The molecular formula is C12H14ClNO3S. The van der Waals surface area contributed by atoms with Gasteiger partial charge in [-0.3, -0.25) is 9.59 Å². The van der Waals surface area contributed by atoms with Gasteiger partial charge in [0.1, 0.15) is 4.88 Å². The second-order valence-corrected chi connectivity index (χ2v) is 5.93. The summed E-state index contributed by atoms with van der Waals surface area (Å²) in [6.45, 7) is 0. The highest BCUT2D eigenvalue weighted by atomic mass is 35.5. The molecule has 0 saturated heterocycles. The van der Waals surface area contributed by atoms with Crippen molar-refractivity contribution >= 4 is 34.8 Å². The molecule has 1 aliphatic rings. The van der Waals surface area contributed by atoms with Gasteiger partial charge in [-0.15, -0.1) is 11.3 Å². The molecule has 98 valence electrons. The van der Waals surface area contributed by atoms with Crippen LogP contribution < -0.4 is 5.32 Å². The van der Waals surface area contributed by atoms with E-state index >= 15 is 0 Å². The summed E-state index contributed by atoms with van der Waals surface area (Å²) >= 11 is 7.17. The fourth-order valence-corrected chi connectivity index (χ4v) is 3.48. The van der Waals surface area contributed by atoms with Crippen molar-refractivity contribution in [1.29, 1.82) is 0 Å². The van der Waals surface area contributed by atoms with Crippen LogP contribution in [-0.4, -0.2) is 22.5 Å². The van der Waals surface area contributed by atoms with Crippen LogP contribution in [0, 0.1) is 0 Å². The summed E-state index contributed by atoms with van der Waals surface area (Å²) in [5.41, 5.74) is -0.601. The Morgan fingerprint density at radius 1 is 1.44 bits per heavy atom. The van der Waals surface area contributed by atoms with Crippen molar-refractivity contribution in [2.24, 2.45) is 0 Å². The molecule has 1 aromatic rings. The first kappa shape index (κ1) is 13.4. The molecule has 1 fully saturated rings. The Hall–Kier alpha value is -1.07. The zero-order valence-electron chi connectivity index (χ0n) is 9.74. The molecule has 0 spiro atoms. The number of halogens is 1. The number of aliphatic carboxylic acids is 1. The quantitative estimate of drug-likeness (QED) is 0.895. The summed E-state index contributed by atoms with van der Waals surface area (Å²) < 4.78 is 0. The third-order valence-electron chi connectivity index (χ3n) is 3.25. The largest absolute Gasteiger partial charge is 0.481 e. The van der Waals surface area contributed by atoms with Crippen molar-refractivity contribution in [2.75, 3.05) is 0 Å². The maximum Gasteiger partial charge on any atom is 0.305 e. The van der Waals surface area contributed by atoms with Gasteiger partial charge < -0.3 is 10.4 Å².